The average Bonchev–Trinajstić information content (AvgIpc) is 3.24. The first-order valence-electron chi connectivity index (χ1n) is 8.61. The third-order valence-electron chi connectivity index (χ3n) is 4.74. The molecule has 5 nitrogen and oxygen atoms in total. The molecule has 1 atom stereocenters. The molecule has 2 N–H and O–H groups in total. The van der Waals surface area contributed by atoms with Crippen molar-refractivity contribution >= 4 is 5.91 Å². The van der Waals surface area contributed by atoms with Gasteiger partial charge in [0.05, 0.1) is 0 Å². The summed E-state index contributed by atoms with van der Waals surface area (Å²) in [6, 6.07) is 2.05. The summed E-state index contributed by atoms with van der Waals surface area (Å²) in [7, 11) is 0. The second-order valence-corrected chi connectivity index (χ2v) is 7.19. The Bertz CT molecular complexity index is 502. The lowest BCUT2D eigenvalue weighted by Crippen LogP contribution is -2.45. The molecular weight excluding hydrogens is 278 g/mol. The molecule has 1 unspecified atom stereocenters. The predicted molar refractivity (Wildman–Crippen MR) is 84.8 cm³/mol. The number of carbonyl (C=O) groups excluding carboxylic acids is 1. The summed E-state index contributed by atoms with van der Waals surface area (Å²) in [6.45, 7) is 6.51. The van der Waals surface area contributed by atoms with E-state index in [0.29, 0.717) is 23.4 Å². The van der Waals surface area contributed by atoms with Crippen LogP contribution in [0.3, 0.4) is 0 Å². The number of piperidine rings is 1. The maximum Gasteiger partial charge on any atom is 0.273 e. The zero-order chi connectivity index (χ0) is 15.5. The Morgan fingerprint density at radius 2 is 2.09 bits per heavy atom. The summed E-state index contributed by atoms with van der Waals surface area (Å²) in [6.07, 6.45) is 5.58. The largest absolute Gasteiger partial charge is 0.360 e. The molecule has 1 saturated carbocycles. The molecule has 1 amide bonds. The summed E-state index contributed by atoms with van der Waals surface area (Å²) < 4.78 is 5.30. The second kappa shape index (κ2) is 6.82. The molecule has 122 valence electrons. The summed E-state index contributed by atoms with van der Waals surface area (Å²) in [5.41, 5.74) is 0.435. The maximum atomic E-state index is 12.5. The first-order valence-corrected chi connectivity index (χ1v) is 8.61. The van der Waals surface area contributed by atoms with Gasteiger partial charge in [-0.1, -0.05) is 19.0 Å². The molecule has 22 heavy (non-hydrogen) atoms. The highest BCUT2D eigenvalue weighted by Crippen LogP contribution is 2.40. The van der Waals surface area contributed by atoms with Crippen molar-refractivity contribution in [2.24, 2.45) is 11.8 Å². The minimum absolute atomic E-state index is 0.0835. The van der Waals surface area contributed by atoms with E-state index in [0.717, 1.165) is 51.0 Å². The Balaban J connectivity index is 1.63. The van der Waals surface area contributed by atoms with Crippen molar-refractivity contribution in [3.8, 4) is 0 Å². The molecule has 3 rings (SSSR count). The smallest absolute Gasteiger partial charge is 0.273 e. The highest BCUT2D eigenvalue weighted by Gasteiger charge is 2.30. The van der Waals surface area contributed by atoms with Crippen LogP contribution in [0.2, 0.25) is 0 Å². The van der Waals surface area contributed by atoms with Crippen LogP contribution in [0.15, 0.2) is 10.6 Å². The first kappa shape index (κ1) is 15.5. The number of amides is 1. The molecule has 5 heteroatoms. The molecule has 1 aromatic rings. The lowest BCUT2D eigenvalue weighted by molar-refractivity contribution is 0.0896. The fourth-order valence-electron chi connectivity index (χ4n) is 3.32. The van der Waals surface area contributed by atoms with Crippen molar-refractivity contribution < 1.29 is 9.32 Å². The highest BCUT2D eigenvalue weighted by atomic mass is 16.5. The zero-order valence-corrected chi connectivity index (χ0v) is 13.6. The Morgan fingerprint density at radius 3 is 2.73 bits per heavy atom. The van der Waals surface area contributed by atoms with E-state index in [9.17, 15) is 4.79 Å². The van der Waals surface area contributed by atoms with E-state index in [2.05, 4.69) is 29.6 Å². The van der Waals surface area contributed by atoms with Crippen molar-refractivity contribution in [1.29, 1.82) is 0 Å². The summed E-state index contributed by atoms with van der Waals surface area (Å²) in [5, 5.41) is 10.6. The van der Waals surface area contributed by atoms with Crippen LogP contribution in [-0.2, 0) is 0 Å². The van der Waals surface area contributed by atoms with Gasteiger partial charge in [0.1, 0.15) is 5.76 Å². The van der Waals surface area contributed by atoms with Crippen LogP contribution in [0.1, 0.15) is 68.1 Å². The van der Waals surface area contributed by atoms with Crippen molar-refractivity contribution in [2.45, 2.75) is 57.9 Å². The van der Waals surface area contributed by atoms with Gasteiger partial charge in [0.15, 0.2) is 5.69 Å². The number of carbonyl (C=O) groups is 1. The maximum absolute atomic E-state index is 12.5. The van der Waals surface area contributed by atoms with E-state index in [1.54, 1.807) is 0 Å². The van der Waals surface area contributed by atoms with Crippen LogP contribution in [-0.4, -0.2) is 30.2 Å². The quantitative estimate of drug-likeness (QED) is 0.848. The third kappa shape index (κ3) is 3.88. The van der Waals surface area contributed by atoms with Gasteiger partial charge in [0.25, 0.3) is 5.91 Å². The molecule has 0 aromatic carbocycles. The van der Waals surface area contributed by atoms with E-state index in [-0.39, 0.29) is 11.9 Å². The normalized spacial score (nSPS) is 21.0. The van der Waals surface area contributed by atoms with Gasteiger partial charge in [-0.05, 0) is 57.0 Å². The lowest BCUT2D eigenvalue weighted by Gasteiger charge is -2.32. The standard InChI is InChI=1S/C17H27N3O2/c1-11(2)9-14(12-5-7-18-8-6-12)19-17(21)15-10-16(22-20-15)13-3-4-13/h10-14,18H,3-9H2,1-2H3,(H,19,21). The number of nitrogens with zero attached hydrogens (tertiary/aromatic N) is 1. The van der Waals surface area contributed by atoms with Crippen molar-refractivity contribution in [1.82, 2.24) is 15.8 Å². The SMILES string of the molecule is CC(C)CC(NC(=O)c1cc(C2CC2)on1)C1CCNCC1. The van der Waals surface area contributed by atoms with Gasteiger partial charge >= 0.3 is 0 Å². The molecular formula is C17H27N3O2. The molecule has 0 spiro atoms. The Hall–Kier alpha value is -1.36. The third-order valence-corrected chi connectivity index (χ3v) is 4.74. The van der Waals surface area contributed by atoms with Gasteiger partial charge in [-0.3, -0.25) is 4.79 Å². The number of hydrogen-bond acceptors (Lipinski definition) is 4. The van der Waals surface area contributed by atoms with E-state index in [4.69, 9.17) is 4.52 Å². The molecule has 2 fully saturated rings. The first-order chi connectivity index (χ1) is 10.6. The van der Waals surface area contributed by atoms with Gasteiger partial charge in [0.2, 0.25) is 0 Å². The average molecular weight is 305 g/mol. The molecule has 1 aliphatic carbocycles. The molecule has 0 radical (unpaired) electrons. The van der Waals surface area contributed by atoms with Crippen molar-refractivity contribution in [2.75, 3.05) is 13.1 Å². The van der Waals surface area contributed by atoms with Gasteiger partial charge < -0.3 is 15.2 Å². The van der Waals surface area contributed by atoms with E-state index in [1.165, 1.54) is 0 Å². The van der Waals surface area contributed by atoms with Crippen LogP contribution in [0.5, 0.6) is 0 Å². The van der Waals surface area contributed by atoms with Gasteiger partial charge in [-0.25, -0.2) is 0 Å². The number of rotatable bonds is 6. The molecule has 1 aliphatic heterocycles. The van der Waals surface area contributed by atoms with Crippen LogP contribution in [0.4, 0.5) is 0 Å². The number of nitrogens with one attached hydrogen (secondary N) is 2. The number of hydrogen-bond donors (Lipinski definition) is 2. The minimum Gasteiger partial charge on any atom is -0.360 e. The lowest BCUT2D eigenvalue weighted by atomic mass is 9.85. The second-order valence-electron chi connectivity index (χ2n) is 7.19. The van der Waals surface area contributed by atoms with Crippen LogP contribution < -0.4 is 10.6 Å². The fraction of sp³-hybridized carbons (Fsp3) is 0.765. The van der Waals surface area contributed by atoms with Gasteiger partial charge in [0, 0.05) is 18.0 Å². The summed E-state index contributed by atoms with van der Waals surface area (Å²) in [4.78, 5) is 12.5. The molecule has 1 aromatic heterocycles. The van der Waals surface area contributed by atoms with Gasteiger partial charge in [-0.2, -0.15) is 0 Å². The Morgan fingerprint density at radius 1 is 1.36 bits per heavy atom. The predicted octanol–water partition coefficient (Wildman–Crippen LogP) is 2.70. The van der Waals surface area contributed by atoms with Crippen molar-refractivity contribution in [3.63, 3.8) is 0 Å². The Kier molecular flexibility index (Phi) is 4.81. The summed E-state index contributed by atoms with van der Waals surface area (Å²) >= 11 is 0. The molecule has 1 saturated heterocycles. The minimum atomic E-state index is -0.0835. The topological polar surface area (TPSA) is 67.2 Å². The fourth-order valence-corrected chi connectivity index (χ4v) is 3.32. The summed E-state index contributed by atoms with van der Waals surface area (Å²) in [5.74, 6) is 2.40. The highest BCUT2D eigenvalue weighted by molar-refractivity contribution is 5.92. The Labute approximate surface area is 132 Å². The number of aromatic nitrogens is 1. The monoisotopic (exact) mass is 305 g/mol. The van der Waals surface area contributed by atoms with Crippen LogP contribution >= 0.6 is 0 Å². The van der Waals surface area contributed by atoms with E-state index < -0.39 is 0 Å². The van der Waals surface area contributed by atoms with E-state index in [1.807, 2.05) is 6.07 Å². The zero-order valence-electron chi connectivity index (χ0n) is 13.6. The van der Waals surface area contributed by atoms with Gasteiger partial charge in [-0.15, -0.1) is 0 Å². The molecule has 0 bridgehead atoms. The molecule has 2 aliphatic rings. The van der Waals surface area contributed by atoms with Crippen LogP contribution in [0, 0.1) is 11.8 Å². The van der Waals surface area contributed by atoms with Crippen molar-refractivity contribution in [3.05, 3.63) is 17.5 Å². The van der Waals surface area contributed by atoms with E-state index >= 15 is 0 Å². The van der Waals surface area contributed by atoms with Crippen LogP contribution in [0.25, 0.3) is 0 Å². The molecule has 2 heterocycles.